The fourth-order valence-electron chi connectivity index (χ4n) is 1.60. The number of rotatable bonds is 4. The van der Waals surface area contributed by atoms with Crippen LogP contribution < -0.4 is 16.4 Å². The predicted molar refractivity (Wildman–Crippen MR) is 57.0 cm³/mol. The minimum atomic E-state index is -0.223. The summed E-state index contributed by atoms with van der Waals surface area (Å²) in [5.74, 6) is 0.561. The molecular weight excluding hydrogens is 178 g/mol. The first-order chi connectivity index (χ1) is 6.48. The zero-order valence-corrected chi connectivity index (χ0v) is 9.26. The van der Waals surface area contributed by atoms with Crippen molar-refractivity contribution >= 4 is 6.03 Å². The lowest BCUT2D eigenvalue weighted by Gasteiger charge is -2.29. The monoisotopic (exact) mass is 199 g/mol. The number of hydrogen-bond acceptors (Lipinski definition) is 2. The summed E-state index contributed by atoms with van der Waals surface area (Å²) in [6, 6.07) is 0.0519. The molecule has 1 unspecified atom stereocenters. The second-order valence-electron chi connectivity index (χ2n) is 4.65. The van der Waals surface area contributed by atoms with Gasteiger partial charge in [0.25, 0.3) is 0 Å². The molecule has 1 atom stereocenters. The van der Waals surface area contributed by atoms with Gasteiger partial charge in [0.2, 0.25) is 0 Å². The average molecular weight is 199 g/mol. The number of hydrogen-bond donors (Lipinski definition) is 3. The summed E-state index contributed by atoms with van der Waals surface area (Å²) in [6.07, 6.45) is 2.35. The van der Waals surface area contributed by atoms with E-state index < -0.39 is 0 Å². The minimum Gasteiger partial charge on any atom is -0.336 e. The number of amides is 2. The molecule has 0 aromatic carbocycles. The van der Waals surface area contributed by atoms with Gasteiger partial charge in [-0.2, -0.15) is 0 Å². The van der Waals surface area contributed by atoms with E-state index in [4.69, 9.17) is 5.73 Å². The lowest BCUT2D eigenvalue weighted by molar-refractivity contribution is 0.220. The molecule has 2 amide bonds. The van der Waals surface area contributed by atoms with Crippen molar-refractivity contribution in [3.05, 3.63) is 0 Å². The van der Waals surface area contributed by atoms with Crippen molar-refractivity contribution in [1.82, 2.24) is 10.6 Å². The first kappa shape index (κ1) is 11.3. The van der Waals surface area contributed by atoms with Gasteiger partial charge in [-0.25, -0.2) is 4.79 Å². The fourth-order valence-corrected chi connectivity index (χ4v) is 1.60. The van der Waals surface area contributed by atoms with E-state index in [0.29, 0.717) is 12.5 Å². The van der Waals surface area contributed by atoms with E-state index in [1.54, 1.807) is 0 Å². The van der Waals surface area contributed by atoms with Gasteiger partial charge in [-0.05, 0) is 39.5 Å². The molecule has 4 N–H and O–H groups in total. The molecule has 0 aromatic rings. The Morgan fingerprint density at radius 2 is 2.14 bits per heavy atom. The molecule has 4 heteroatoms. The standard InChI is InChI=1S/C10H21N3O/c1-7(2)12-9(14)13-10(3,6-11)8-4-5-8/h7-8H,4-6,11H2,1-3H3,(H2,12,13,14). The largest absolute Gasteiger partial charge is 0.336 e. The Bertz CT molecular complexity index is 213. The lowest BCUT2D eigenvalue weighted by Crippen LogP contribution is -2.56. The fraction of sp³-hybridized carbons (Fsp3) is 0.900. The molecule has 0 radical (unpaired) electrons. The van der Waals surface area contributed by atoms with Gasteiger partial charge in [0, 0.05) is 12.6 Å². The zero-order chi connectivity index (χ0) is 10.8. The molecular formula is C10H21N3O. The van der Waals surface area contributed by atoms with Crippen LogP contribution in [0.4, 0.5) is 4.79 Å². The van der Waals surface area contributed by atoms with Crippen molar-refractivity contribution in [2.75, 3.05) is 6.54 Å². The number of nitrogens with one attached hydrogen (secondary N) is 2. The Morgan fingerprint density at radius 1 is 1.57 bits per heavy atom. The van der Waals surface area contributed by atoms with Crippen LogP contribution in [-0.2, 0) is 0 Å². The highest BCUT2D eigenvalue weighted by Gasteiger charge is 2.41. The zero-order valence-electron chi connectivity index (χ0n) is 9.26. The summed E-state index contributed by atoms with van der Waals surface area (Å²) in [7, 11) is 0. The lowest BCUT2D eigenvalue weighted by atomic mass is 9.96. The van der Waals surface area contributed by atoms with Crippen LogP contribution in [0.25, 0.3) is 0 Å². The summed E-state index contributed by atoms with van der Waals surface area (Å²) in [6.45, 7) is 6.40. The van der Waals surface area contributed by atoms with Crippen LogP contribution >= 0.6 is 0 Å². The van der Waals surface area contributed by atoms with Crippen LogP contribution in [0.15, 0.2) is 0 Å². The van der Waals surface area contributed by atoms with Gasteiger partial charge in [-0.15, -0.1) is 0 Å². The third-order valence-corrected chi connectivity index (χ3v) is 2.72. The Balaban J connectivity index is 2.43. The Hall–Kier alpha value is -0.770. The molecule has 0 bridgehead atoms. The number of carbonyl (C=O) groups excluding carboxylic acids is 1. The third kappa shape index (κ3) is 2.87. The summed E-state index contributed by atoms with van der Waals surface area (Å²) in [4.78, 5) is 11.5. The molecule has 82 valence electrons. The normalized spacial score (nSPS) is 20.4. The van der Waals surface area contributed by atoms with Crippen LogP contribution in [0.3, 0.4) is 0 Å². The molecule has 1 fully saturated rings. The Morgan fingerprint density at radius 3 is 2.50 bits per heavy atom. The van der Waals surface area contributed by atoms with E-state index in [9.17, 15) is 4.79 Å². The molecule has 0 spiro atoms. The first-order valence-electron chi connectivity index (χ1n) is 5.26. The Kier molecular flexibility index (Phi) is 3.37. The van der Waals surface area contributed by atoms with Crippen molar-refractivity contribution in [3.8, 4) is 0 Å². The summed E-state index contributed by atoms with van der Waals surface area (Å²) in [5, 5.41) is 5.77. The van der Waals surface area contributed by atoms with E-state index in [0.717, 1.165) is 0 Å². The maximum Gasteiger partial charge on any atom is 0.315 e. The molecule has 1 aliphatic rings. The maximum atomic E-state index is 11.5. The van der Waals surface area contributed by atoms with Gasteiger partial charge in [-0.1, -0.05) is 0 Å². The van der Waals surface area contributed by atoms with Gasteiger partial charge in [0.05, 0.1) is 5.54 Å². The molecule has 0 heterocycles. The van der Waals surface area contributed by atoms with E-state index in [2.05, 4.69) is 10.6 Å². The van der Waals surface area contributed by atoms with E-state index in [-0.39, 0.29) is 17.6 Å². The molecule has 0 aliphatic heterocycles. The second-order valence-corrected chi connectivity index (χ2v) is 4.65. The molecule has 1 rings (SSSR count). The SMILES string of the molecule is CC(C)NC(=O)NC(C)(CN)C1CC1. The predicted octanol–water partition coefficient (Wildman–Crippen LogP) is 0.821. The van der Waals surface area contributed by atoms with Crippen molar-refractivity contribution in [1.29, 1.82) is 0 Å². The third-order valence-electron chi connectivity index (χ3n) is 2.72. The highest BCUT2D eigenvalue weighted by molar-refractivity contribution is 5.75. The quantitative estimate of drug-likeness (QED) is 0.627. The summed E-state index contributed by atoms with van der Waals surface area (Å²) >= 11 is 0. The Labute approximate surface area is 85.6 Å². The molecule has 1 saturated carbocycles. The van der Waals surface area contributed by atoms with Gasteiger partial charge in [0.15, 0.2) is 0 Å². The van der Waals surface area contributed by atoms with Crippen molar-refractivity contribution in [2.45, 2.75) is 45.2 Å². The summed E-state index contributed by atoms with van der Waals surface area (Å²) < 4.78 is 0. The van der Waals surface area contributed by atoms with E-state index >= 15 is 0 Å². The van der Waals surface area contributed by atoms with Crippen molar-refractivity contribution in [3.63, 3.8) is 0 Å². The topological polar surface area (TPSA) is 67.2 Å². The van der Waals surface area contributed by atoms with Gasteiger partial charge in [-0.3, -0.25) is 0 Å². The summed E-state index contributed by atoms with van der Waals surface area (Å²) in [5.41, 5.74) is 5.46. The average Bonchev–Trinajstić information content (AvgIpc) is 2.84. The highest BCUT2D eigenvalue weighted by Crippen LogP contribution is 2.38. The van der Waals surface area contributed by atoms with Crippen molar-refractivity contribution in [2.24, 2.45) is 11.7 Å². The maximum absolute atomic E-state index is 11.5. The van der Waals surface area contributed by atoms with Gasteiger partial charge >= 0.3 is 6.03 Å². The van der Waals surface area contributed by atoms with Crippen LogP contribution in [0, 0.1) is 5.92 Å². The highest BCUT2D eigenvalue weighted by atomic mass is 16.2. The molecule has 0 aromatic heterocycles. The van der Waals surface area contributed by atoms with Crippen LogP contribution in [0.1, 0.15) is 33.6 Å². The smallest absolute Gasteiger partial charge is 0.315 e. The van der Waals surface area contributed by atoms with Gasteiger partial charge < -0.3 is 16.4 Å². The first-order valence-corrected chi connectivity index (χ1v) is 5.26. The van der Waals surface area contributed by atoms with Gasteiger partial charge in [0.1, 0.15) is 0 Å². The number of carbonyl (C=O) groups is 1. The number of nitrogens with two attached hydrogens (primary N) is 1. The van der Waals surface area contributed by atoms with Crippen molar-refractivity contribution < 1.29 is 4.79 Å². The molecule has 0 saturated heterocycles. The second kappa shape index (κ2) is 4.17. The number of urea groups is 1. The minimum absolute atomic E-state index is 0.111. The van der Waals surface area contributed by atoms with Crippen LogP contribution in [0.5, 0.6) is 0 Å². The molecule has 1 aliphatic carbocycles. The van der Waals surface area contributed by atoms with Crippen LogP contribution in [0.2, 0.25) is 0 Å². The van der Waals surface area contributed by atoms with Crippen LogP contribution in [-0.4, -0.2) is 24.2 Å². The molecule has 4 nitrogen and oxygen atoms in total. The van der Waals surface area contributed by atoms with E-state index in [1.807, 2.05) is 20.8 Å². The molecule has 14 heavy (non-hydrogen) atoms. The van der Waals surface area contributed by atoms with E-state index in [1.165, 1.54) is 12.8 Å².